The number of benzene rings is 1. The summed E-state index contributed by atoms with van der Waals surface area (Å²) in [6.07, 6.45) is 0. The molecular weight excluding hydrogens is 268 g/mol. The molecule has 0 spiro atoms. The summed E-state index contributed by atoms with van der Waals surface area (Å²) in [5.74, 6) is -3.99. The fourth-order valence-corrected chi connectivity index (χ4v) is 1.04. The monoisotopic (exact) mass is 270 g/mol. The fourth-order valence-electron chi connectivity index (χ4n) is 0.826. The van der Waals surface area contributed by atoms with Crippen molar-refractivity contribution in [3.8, 4) is 0 Å². The van der Waals surface area contributed by atoms with Crippen molar-refractivity contribution in [3.05, 3.63) is 35.4 Å². The van der Waals surface area contributed by atoms with E-state index in [4.69, 9.17) is 0 Å². The maximum Gasteiger partial charge on any atom is 0.363 e. The molecule has 0 aliphatic heterocycles. The Labute approximate surface area is 84.9 Å². The number of rotatable bonds is 2. The van der Waals surface area contributed by atoms with Gasteiger partial charge < -0.3 is 0 Å². The largest absolute Gasteiger partial charge is 0.363 e. The first-order chi connectivity index (χ1) is 6.32. The molecule has 0 atom stereocenters. The van der Waals surface area contributed by atoms with Crippen molar-refractivity contribution < 1.29 is 22.4 Å². The second-order valence-electron chi connectivity index (χ2n) is 2.45. The number of ketones is 1. The Morgan fingerprint density at radius 3 is 2.29 bits per heavy atom. The molecule has 76 valence electrons. The molecule has 0 N–H and O–H groups in total. The smallest absolute Gasteiger partial charge is 0.286 e. The highest BCUT2D eigenvalue weighted by Crippen LogP contribution is 2.27. The molecule has 1 rings (SSSR count). The minimum Gasteiger partial charge on any atom is -0.286 e. The van der Waals surface area contributed by atoms with E-state index in [2.05, 4.69) is 0 Å². The van der Waals surface area contributed by atoms with E-state index in [0.29, 0.717) is 12.1 Å². The summed E-state index contributed by atoms with van der Waals surface area (Å²) in [6, 6.07) is 1.77. The molecule has 0 fully saturated rings. The number of hydrogen-bond acceptors (Lipinski definition) is 1. The molecule has 0 heterocycles. The van der Waals surface area contributed by atoms with Crippen molar-refractivity contribution in [1.29, 1.82) is 0 Å². The first-order valence-corrected chi connectivity index (χ1v) is 4.18. The van der Waals surface area contributed by atoms with Gasteiger partial charge in [0.05, 0.1) is 5.56 Å². The Morgan fingerprint density at radius 2 is 1.86 bits per heavy atom. The quantitative estimate of drug-likeness (QED) is 0.459. The fraction of sp³-hybridized carbons (Fsp3) is 0.125. The molecule has 0 amide bonds. The average molecular weight is 271 g/mol. The summed E-state index contributed by atoms with van der Waals surface area (Å²) in [5, 5.41) is 0. The molecule has 6 heteroatoms. The van der Waals surface area contributed by atoms with E-state index in [1.165, 1.54) is 0 Å². The normalized spacial score (nSPS) is 11.5. The van der Waals surface area contributed by atoms with E-state index in [0.717, 1.165) is 6.07 Å². The summed E-state index contributed by atoms with van der Waals surface area (Å²) in [6.45, 7) is 0. The zero-order valence-corrected chi connectivity index (χ0v) is 8.12. The molecule has 0 aliphatic carbocycles. The lowest BCUT2D eigenvalue weighted by molar-refractivity contribution is 0.0588. The molecule has 0 aliphatic rings. The lowest BCUT2D eigenvalue weighted by Gasteiger charge is -2.07. The highest BCUT2D eigenvalue weighted by atomic mass is 79.9. The van der Waals surface area contributed by atoms with Gasteiger partial charge in [0.15, 0.2) is 0 Å². The Morgan fingerprint density at radius 1 is 1.29 bits per heavy atom. The van der Waals surface area contributed by atoms with Crippen molar-refractivity contribution in [1.82, 2.24) is 0 Å². The number of alkyl halides is 3. The summed E-state index contributed by atoms with van der Waals surface area (Å²) in [5.41, 5.74) is -0.853. The van der Waals surface area contributed by atoms with Crippen LogP contribution in [-0.4, -0.2) is 10.6 Å². The molecular formula is C8H3BrF4O. The highest BCUT2D eigenvalue weighted by molar-refractivity contribution is 9.10. The van der Waals surface area contributed by atoms with E-state index < -0.39 is 27.8 Å². The van der Waals surface area contributed by atoms with E-state index in [-0.39, 0.29) is 0 Å². The molecule has 0 bridgehead atoms. The SMILES string of the molecule is O=C(c1ccc(F)cc1F)C(F)(F)Br. The highest BCUT2D eigenvalue weighted by Gasteiger charge is 2.37. The maximum atomic E-state index is 12.8. The van der Waals surface area contributed by atoms with Gasteiger partial charge in [-0.05, 0) is 28.1 Å². The Hall–Kier alpha value is -0.910. The van der Waals surface area contributed by atoms with Crippen LogP contribution in [0.15, 0.2) is 18.2 Å². The molecule has 0 saturated carbocycles. The van der Waals surface area contributed by atoms with Gasteiger partial charge in [0.1, 0.15) is 11.6 Å². The lowest BCUT2D eigenvalue weighted by Crippen LogP contribution is -2.22. The van der Waals surface area contributed by atoms with Crippen LogP contribution in [0.1, 0.15) is 10.4 Å². The van der Waals surface area contributed by atoms with Crippen LogP contribution >= 0.6 is 15.9 Å². The summed E-state index contributed by atoms with van der Waals surface area (Å²) in [4.78, 5) is 7.00. The van der Waals surface area contributed by atoms with Crippen molar-refractivity contribution >= 4 is 21.7 Å². The number of hydrogen-bond donors (Lipinski definition) is 0. The van der Waals surface area contributed by atoms with Gasteiger partial charge in [-0.15, -0.1) is 0 Å². The van der Waals surface area contributed by atoms with Crippen LogP contribution in [0.25, 0.3) is 0 Å². The van der Waals surface area contributed by atoms with Gasteiger partial charge in [0, 0.05) is 6.07 Å². The molecule has 1 nitrogen and oxygen atoms in total. The molecule has 1 aromatic rings. The first-order valence-electron chi connectivity index (χ1n) is 3.39. The van der Waals surface area contributed by atoms with Crippen LogP contribution < -0.4 is 0 Å². The maximum absolute atomic E-state index is 12.8. The van der Waals surface area contributed by atoms with Crippen molar-refractivity contribution in [2.24, 2.45) is 0 Å². The third-order valence-electron chi connectivity index (χ3n) is 1.43. The van der Waals surface area contributed by atoms with Crippen LogP contribution in [0.5, 0.6) is 0 Å². The zero-order chi connectivity index (χ0) is 10.9. The minimum atomic E-state index is -3.84. The average Bonchev–Trinajstić information content (AvgIpc) is 2.01. The predicted molar refractivity (Wildman–Crippen MR) is 44.6 cm³/mol. The number of carbonyl (C=O) groups excluding carboxylic acids is 1. The van der Waals surface area contributed by atoms with Crippen LogP contribution in [0.3, 0.4) is 0 Å². The minimum absolute atomic E-state index is 0.367. The van der Waals surface area contributed by atoms with Crippen molar-refractivity contribution in [2.75, 3.05) is 0 Å². The summed E-state index contributed by atoms with van der Waals surface area (Å²) >= 11 is 1.79. The number of Topliss-reactive ketones (excluding diaryl/α,β-unsaturated/α-hetero) is 1. The molecule has 0 aromatic heterocycles. The van der Waals surface area contributed by atoms with Crippen LogP contribution in [0.4, 0.5) is 17.6 Å². The van der Waals surface area contributed by atoms with Crippen LogP contribution in [0, 0.1) is 11.6 Å². The third kappa shape index (κ3) is 2.31. The third-order valence-corrected chi connectivity index (χ3v) is 1.79. The first kappa shape index (κ1) is 11.2. The standard InChI is InChI=1S/C8H3BrF4O/c9-8(12,13)7(14)5-2-1-4(10)3-6(5)11/h1-3H. The predicted octanol–water partition coefficient (Wildman–Crippen LogP) is 3.14. The Kier molecular flexibility index (Phi) is 2.94. The lowest BCUT2D eigenvalue weighted by atomic mass is 10.1. The number of halogens is 5. The van der Waals surface area contributed by atoms with Gasteiger partial charge in [0.2, 0.25) is 5.78 Å². The van der Waals surface area contributed by atoms with Crippen LogP contribution in [-0.2, 0) is 0 Å². The summed E-state index contributed by atoms with van der Waals surface area (Å²) < 4.78 is 50.0. The van der Waals surface area contributed by atoms with Gasteiger partial charge >= 0.3 is 4.83 Å². The number of carbonyl (C=O) groups is 1. The zero-order valence-electron chi connectivity index (χ0n) is 6.53. The van der Waals surface area contributed by atoms with E-state index in [1.54, 1.807) is 15.9 Å². The Bertz CT molecular complexity index is 372. The van der Waals surface area contributed by atoms with Crippen LogP contribution in [0.2, 0.25) is 0 Å². The van der Waals surface area contributed by atoms with E-state index in [9.17, 15) is 22.4 Å². The van der Waals surface area contributed by atoms with Crippen molar-refractivity contribution in [3.63, 3.8) is 0 Å². The second-order valence-corrected chi connectivity index (χ2v) is 3.45. The topological polar surface area (TPSA) is 17.1 Å². The molecule has 0 unspecified atom stereocenters. The summed E-state index contributed by atoms with van der Waals surface area (Å²) in [7, 11) is 0. The van der Waals surface area contributed by atoms with Gasteiger partial charge in [-0.3, -0.25) is 4.79 Å². The second kappa shape index (κ2) is 3.68. The Balaban J connectivity index is 3.15. The molecule has 0 saturated heterocycles. The molecule has 1 aromatic carbocycles. The van der Waals surface area contributed by atoms with E-state index >= 15 is 0 Å². The molecule has 14 heavy (non-hydrogen) atoms. The van der Waals surface area contributed by atoms with Gasteiger partial charge in [-0.1, -0.05) is 0 Å². The van der Waals surface area contributed by atoms with E-state index in [1.807, 2.05) is 0 Å². The van der Waals surface area contributed by atoms with Gasteiger partial charge in [-0.25, -0.2) is 8.78 Å². The van der Waals surface area contributed by atoms with Gasteiger partial charge in [-0.2, -0.15) is 8.78 Å². The molecule has 0 radical (unpaired) electrons. The van der Waals surface area contributed by atoms with Gasteiger partial charge in [0.25, 0.3) is 0 Å². The van der Waals surface area contributed by atoms with Crippen molar-refractivity contribution in [2.45, 2.75) is 4.83 Å².